The van der Waals surface area contributed by atoms with Crippen molar-refractivity contribution in [2.75, 3.05) is 0 Å². The Bertz CT molecular complexity index is 1020. The number of hydrogen-bond acceptors (Lipinski definition) is 3. The lowest BCUT2D eigenvalue weighted by Crippen LogP contribution is -2.55. The fraction of sp³-hybridized carbons (Fsp3) is 0.0833. The molecule has 0 fully saturated rings. The third-order valence-electron chi connectivity index (χ3n) is 4.73. The molecule has 1 aliphatic rings. The van der Waals surface area contributed by atoms with E-state index in [1.54, 1.807) is 30.3 Å². The summed E-state index contributed by atoms with van der Waals surface area (Å²) >= 11 is 0. The minimum absolute atomic E-state index is 0.273. The highest BCUT2D eigenvalue weighted by atomic mass is 16.2. The molecule has 5 nitrogen and oxygen atoms in total. The lowest BCUT2D eigenvalue weighted by Gasteiger charge is -2.33. The van der Waals surface area contributed by atoms with Crippen LogP contribution in [0, 0.1) is 0 Å². The summed E-state index contributed by atoms with van der Waals surface area (Å²) in [4.78, 5) is 25.8. The molecule has 0 aliphatic carbocycles. The fourth-order valence-corrected chi connectivity index (χ4v) is 3.23. The predicted octanol–water partition coefficient (Wildman–Crippen LogP) is 3.37. The van der Waals surface area contributed by atoms with E-state index in [0.717, 1.165) is 11.1 Å². The number of nitrogens with one attached hydrogen (secondary N) is 2. The fourth-order valence-electron chi connectivity index (χ4n) is 3.23. The number of amides is 2. The molecule has 1 atom stereocenters. The largest absolute Gasteiger partial charge is 0.298 e. The second kappa shape index (κ2) is 8.54. The lowest BCUT2D eigenvalue weighted by molar-refractivity contribution is -0.125. The number of rotatable bonds is 5. The van der Waals surface area contributed by atoms with Gasteiger partial charge >= 0.3 is 0 Å². The van der Waals surface area contributed by atoms with Crippen LogP contribution >= 0.6 is 0 Å². The molecule has 1 heterocycles. The van der Waals surface area contributed by atoms with E-state index in [1.165, 1.54) is 5.01 Å². The smallest absolute Gasteiger partial charge is 0.277 e. The van der Waals surface area contributed by atoms with Gasteiger partial charge in [0.05, 0.1) is 5.70 Å². The average molecular weight is 383 g/mol. The molecule has 2 amide bonds. The van der Waals surface area contributed by atoms with Crippen molar-refractivity contribution in [3.05, 3.63) is 114 Å². The van der Waals surface area contributed by atoms with E-state index < -0.39 is 6.04 Å². The minimum atomic E-state index is -0.551. The molecule has 1 unspecified atom stereocenters. The monoisotopic (exact) mass is 383 g/mol. The van der Waals surface area contributed by atoms with E-state index in [-0.39, 0.29) is 11.8 Å². The Labute approximate surface area is 169 Å². The first-order valence-electron chi connectivity index (χ1n) is 9.47. The first-order chi connectivity index (χ1) is 14.2. The second-order valence-corrected chi connectivity index (χ2v) is 6.74. The van der Waals surface area contributed by atoms with Crippen LogP contribution in [-0.2, 0) is 11.3 Å². The molecule has 3 aromatic rings. The van der Waals surface area contributed by atoms with Crippen LogP contribution in [0.2, 0.25) is 0 Å². The van der Waals surface area contributed by atoms with Gasteiger partial charge in [-0.2, -0.15) is 0 Å². The van der Waals surface area contributed by atoms with Gasteiger partial charge in [-0.1, -0.05) is 78.9 Å². The van der Waals surface area contributed by atoms with Gasteiger partial charge < -0.3 is 0 Å². The molecular weight excluding hydrogens is 362 g/mol. The topological polar surface area (TPSA) is 61.4 Å². The van der Waals surface area contributed by atoms with Crippen LogP contribution in [0.15, 0.2) is 97.1 Å². The normalized spacial score (nSPS) is 16.1. The van der Waals surface area contributed by atoms with Crippen molar-refractivity contribution in [3.8, 4) is 0 Å². The molecule has 3 aromatic carbocycles. The molecule has 144 valence electrons. The van der Waals surface area contributed by atoms with Gasteiger partial charge in [0.15, 0.2) is 0 Å². The highest BCUT2D eigenvalue weighted by Gasteiger charge is 2.31. The number of benzene rings is 3. The molecule has 29 heavy (non-hydrogen) atoms. The number of nitrogens with zero attached hydrogens (tertiary/aromatic N) is 1. The van der Waals surface area contributed by atoms with Crippen LogP contribution in [0.5, 0.6) is 0 Å². The Morgan fingerprint density at radius 1 is 0.862 bits per heavy atom. The Kier molecular flexibility index (Phi) is 5.49. The van der Waals surface area contributed by atoms with Crippen molar-refractivity contribution in [2.45, 2.75) is 12.6 Å². The van der Waals surface area contributed by atoms with Crippen molar-refractivity contribution >= 4 is 17.5 Å². The van der Waals surface area contributed by atoms with Crippen LogP contribution < -0.4 is 10.7 Å². The Hall–Kier alpha value is -3.70. The van der Waals surface area contributed by atoms with Crippen LogP contribution in [0.4, 0.5) is 0 Å². The summed E-state index contributed by atoms with van der Waals surface area (Å²) < 4.78 is 0. The van der Waals surface area contributed by atoms with Gasteiger partial charge in [0.25, 0.3) is 11.8 Å². The van der Waals surface area contributed by atoms with Crippen molar-refractivity contribution in [1.29, 1.82) is 0 Å². The lowest BCUT2D eigenvalue weighted by atomic mass is 10.0. The molecule has 1 aliphatic heterocycles. The molecule has 0 aromatic heterocycles. The zero-order valence-electron chi connectivity index (χ0n) is 15.8. The Morgan fingerprint density at radius 2 is 1.45 bits per heavy atom. The van der Waals surface area contributed by atoms with E-state index >= 15 is 0 Å². The number of carbonyl (C=O) groups excluding carboxylic acids is 2. The first-order valence-corrected chi connectivity index (χ1v) is 9.47. The molecule has 5 heteroatoms. The average Bonchev–Trinajstić information content (AvgIpc) is 2.79. The third kappa shape index (κ3) is 4.25. The van der Waals surface area contributed by atoms with Crippen molar-refractivity contribution in [3.63, 3.8) is 0 Å². The minimum Gasteiger partial charge on any atom is -0.298 e. The number of carbonyl (C=O) groups is 2. The summed E-state index contributed by atoms with van der Waals surface area (Å²) in [5, 5.41) is 4.59. The van der Waals surface area contributed by atoms with E-state index in [1.807, 2.05) is 66.7 Å². The van der Waals surface area contributed by atoms with Gasteiger partial charge in [0.1, 0.15) is 6.04 Å². The maximum Gasteiger partial charge on any atom is 0.277 e. The van der Waals surface area contributed by atoms with E-state index in [0.29, 0.717) is 17.8 Å². The second-order valence-electron chi connectivity index (χ2n) is 6.74. The quantitative estimate of drug-likeness (QED) is 0.710. The van der Waals surface area contributed by atoms with Gasteiger partial charge in [0, 0.05) is 12.1 Å². The Morgan fingerprint density at radius 3 is 2.10 bits per heavy atom. The Balaban J connectivity index is 1.64. The molecule has 0 radical (unpaired) electrons. The highest BCUT2D eigenvalue weighted by molar-refractivity contribution is 6.03. The van der Waals surface area contributed by atoms with Crippen LogP contribution in [0.25, 0.3) is 5.70 Å². The molecule has 4 rings (SSSR count). The summed E-state index contributed by atoms with van der Waals surface area (Å²) in [6.45, 7) is 0.546. The SMILES string of the molecule is O=C1NN(C(=O)c2ccccc2)C(c2ccccc2)=CC1NCc1ccccc1. The maximum absolute atomic E-state index is 13.1. The van der Waals surface area contributed by atoms with Crippen molar-refractivity contribution in [2.24, 2.45) is 0 Å². The molecular formula is C24H21N3O2. The first kappa shape index (κ1) is 18.7. The van der Waals surface area contributed by atoms with Gasteiger partial charge in [-0.3, -0.25) is 20.3 Å². The summed E-state index contributed by atoms with van der Waals surface area (Å²) in [7, 11) is 0. The standard InChI is InChI=1S/C24H21N3O2/c28-23-21(25-17-18-10-4-1-5-11-18)16-22(19-12-6-2-7-13-19)27(26-23)24(29)20-14-8-3-9-15-20/h1-16,21,25H,17H2,(H,26,28). The third-order valence-corrected chi connectivity index (χ3v) is 4.73. The van der Waals surface area contributed by atoms with Crippen LogP contribution in [0.3, 0.4) is 0 Å². The highest BCUT2D eigenvalue weighted by Crippen LogP contribution is 2.23. The number of hydrogen-bond donors (Lipinski definition) is 2. The van der Waals surface area contributed by atoms with Gasteiger partial charge in [-0.15, -0.1) is 0 Å². The number of hydrazine groups is 1. The predicted molar refractivity (Wildman–Crippen MR) is 112 cm³/mol. The van der Waals surface area contributed by atoms with E-state index in [2.05, 4.69) is 10.7 Å². The van der Waals surface area contributed by atoms with Crippen molar-refractivity contribution < 1.29 is 9.59 Å². The maximum atomic E-state index is 13.1. The van der Waals surface area contributed by atoms with E-state index in [4.69, 9.17) is 0 Å². The van der Waals surface area contributed by atoms with Gasteiger partial charge in [0.2, 0.25) is 0 Å². The van der Waals surface area contributed by atoms with Crippen LogP contribution in [-0.4, -0.2) is 22.9 Å². The summed E-state index contributed by atoms with van der Waals surface area (Å²) in [5.41, 5.74) is 5.84. The zero-order valence-corrected chi connectivity index (χ0v) is 15.8. The molecule has 0 spiro atoms. The van der Waals surface area contributed by atoms with Gasteiger partial charge in [-0.05, 0) is 29.3 Å². The van der Waals surface area contributed by atoms with Gasteiger partial charge in [-0.25, -0.2) is 5.01 Å². The zero-order chi connectivity index (χ0) is 20.1. The molecule has 0 saturated heterocycles. The molecule has 0 bridgehead atoms. The van der Waals surface area contributed by atoms with Crippen LogP contribution in [0.1, 0.15) is 21.5 Å². The summed E-state index contributed by atoms with van der Waals surface area (Å²) in [6, 6.07) is 27.8. The summed E-state index contributed by atoms with van der Waals surface area (Å²) in [6.07, 6.45) is 1.80. The van der Waals surface area contributed by atoms with Crippen molar-refractivity contribution in [1.82, 2.24) is 15.8 Å². The summed E-state index contributed by atoms with van der Waals surface area (Å²) in [5.74, 6) is -0.555. The molecule has 0 saturated carbocycles. The van der Waals surface area contributed by atoms with E-state index in [9.17, 15) is 9.59 Å². The molecule has 2 N–H and O–H groups in total.